The molecule has 12 heavy (non-hydrogen) atoms. The summed E-state index contributed by atoms with van der Waals surface area (Å²) in [6, 6.07) is 1.58. The van der Waals surface area contributed by atoms with Crippen LogP contribution in [0.5, 0.6) is 0 Å². The van der Waals surface area contributed by atoms with Gasteiger partial charge in [0.15, 0.2) is 0 Å². The molecule has 0 fully saturated rings. The molecule has 6 heteroatoms. The van der Waals surface area contributed by atoms with Crippen LogP contribution in [0.15, 0.2) is 10.3 Å². The molecule has 1 rings (SSSR count). The Kier molecular flexibility index (Phi) is 3.25. The van der Waals surface area contributed by atoms with Crippen molar-refractivity contribution in [2.45, 2.75) is 17.2 Å². The van der Waals surface area contributed by atoms with E-state index < -0.39 is 17.1 Å². The molecule has 3 nitrogen and oxygen atoms in total. The van der Waals surface area contributed by atoms with Crippen LogP contribution in [0.25, 0.3) is 0 Å². The molecular formula is C6H8ClNO2S2. The number of hydrogen-bond acceptors (Lipinski definition) is 3. The third-order valence-electron chi connectivity index (χ3n) is 1.33. The highest BCUT2D eigenvalue weighted by atomic mass is 35.5. The average molecular weight is 226 g/mol. The Balaban J connectivity index is 3.17. The van der Waals surface area contributed by atoms with Gasteiger partial charge in [0.2, 0.25) is 0 Å². The zero-order chi connectivity index (χ0) is 9.30. The maximum absolute atomic E-state index is 10.9. The Morgan fingerprint density at radius 3 is 2.75 bits per heavy atom. The number of aliphatic hydroxyl groups is 1. The number of nitrogens with two attached hydrogens (primary N) is 1. The highest BCUT2D eigenvalue weighted by Gasteiger charge is 2.15. The van der Waals surface area contributed by atoms with Crippen molar-refractivity contribution in [2.75, 3.05) is 0 Å². The van der Waals surface area contributed by atoms with Gasteiger partial charge >= 0.3 is 0 Å². The van der Waals surface area contributed by atoms with Crippen molar-refractivity contribution in [1.29, 1.82) is 0 Å². The predicted molar refractivity (Wildman–Crippen MR) is 50.6 cm³/mol. The van der Waals surface area contributed by atoms with Crippen LogP contribution in [-0.4, -0.2) is 9.32 Å². The zero-order valence-electron chi connectivity index (χ0n) is 6.28. The molecular weight excluding hydrogens is 218 g/mol. The van der Waals surface area contributed by atoms with Crippen molar-refractivity contribution in [2.24, 2.45) is 5.14 Å². The van der Waals surface area contributed by atoms with Crippen molar-refractivity contribution < 1.29 is 9.32 Å². The van der Waals surface area contributed by atoms with Gasteiger partial charge in [-0.2, -0.15) is 0 Å². The summed E-state index contributed by atoms with van der Waals surface area (Å²) in [7, 11) is -1.57. The first-order chi connectivity index (χ1) is 5.52. The second kappa shape index (κ2) is 3.85. The molecule has 0 saturated carbocycles. The molecule has 0 radical (unpaired) electrons. The SMILES string of the molecule is CC(O)c1cc(Cl)sc1S(N)=O. The maximum Gasteiger partial charge on any atom is 0.132 e. The van der Waals surface area contributed by atoms with Gasteiger partial charge < -0.3 is 5.11 Å². The molecule has 0 spiro atoms. The van der Waals surface area contributed by atoms with Gasteiger partial charge in [-0.3, -0.25) is 0 Å². The number of hydrogen-bond donors (Lipinski definition) is 2. The van der Waals surface area contributed by atoms with Crippen molar-refractivity contribution in [1.82, 2.24) is 0 Å². The van der Waals surface area contributed by atoms with E-state index >= 15 is 0 Å². The van der Waals surface area contributed by atoms with Crippen LogP contribution >= 0.6 is 22.9 Å². The molecule has 0 aliphatic rings. The fourth-order valence-corrected chi connectivity index (χ4v) is 3.06. The third-order valence-corrected chi connectivity index (χ3v) is 3.75. The first-order valence-electron chi connectivity index (χ1n) is 3.16. The van der Waals surface area contributed by atoms with E-state index in [2.05, 4.69) is 0 Å². The standard InChI is InChI=1S/C6H8ClNO2S2/c1-3(9)4-2-5(7)11-6(4)12(8)10/h2-3,9H,8H2,1H3. The van der Waals surface area contributed by atoms with E-state index in [0.29, 0.717) is 14.1 Å². The van der Waals surface area contributed by atoms with Crippen LogP contribution in [0.2, 0.25) is 4.34 Å². The largest absolute Gasteiger partial charge is 0.389 e. The van der Waals surface area contributed by atoms with Gasteiger partial charge in [0, 0.05) is 5.56 Å². The first kappa shape index (κ1) is 10.1. The molecule has 2 atom stereocenters. The Labute approximate surface area is 81.7 Å². The van der Waals surface area contributed by atoms with Crippen LogP contribution in [-0.2, 0) is 11.0 Å². The highest BCUT2D eigenvalue weighted by molar-refractivity contribution is 7.85. The third kappa shape index (κ3) is 2.05. The van der Waals surface area contributed by atoms with Crippen molar-refractivity contribution in [3.05, 3.63) is 16.0 Å². The lowest BCUT2D eigenvalue weighted by molar-refractivity contribution is 0.197. The normalized spacial score (nSPS) is 16.0. The quantitative estimate of drug-likeness (QED) is 0.800. The predicted octanol–water partition coefficient (Wildman–Crippen LogP) is 1.44. The fourth-order valence-electron chi connectivity index (χ4n) is 0.807. The summed E-state index contributed by atoms with van der Waals surface area (Å²) in [5.74, 6) is 0. The van der Waals surface area contributed by atoms with Crippen LogP contribution in [0.1, 0.15) is 18.6 Å². The summed E-state index contributed by atoms with van der Waals surface area (Å²) >= 11 is 6.80. The summed E-state index contributed by atoms with van der Waals surface area (Å²) in [6.45, 7) is 1.58. The minimum Gasteiger partial charge on any atom is -0.389 e. The molecule has 0 aliphatic carbocycles. The van der Waals surface area contributed by atoms with Crippen LogP contribution < -0.4 is 5.14 Å². The van der Waals surface area contributed by atoms with Crippen LogP contribution in [0, 0.1) is 0 Å². The second-order valence-electron chi connectivity index (χ2n) is 2.27. The lowest BCUT2D eigenvalue weighted by Crippen LogP contribution is -2.04. The van der Waals surface area contributed by atoms with Crippen molar-refractivity contribution in [3.8, 4) is 0 Å². The molecule has 0 amide bonds. The lowest BCUT2D eigenvalue weighted by atomic mass is 10.2. The van der Waals surface area contributed by atoms with Crippen LogP contribution in [0.4, 0.5) is 0 Å². The number of halogens is 1. The summed E-state index contributed by atoms with van der Waals surface area (Å²) in [4.78, 5) is 0. The minimum atomic E-state index is -1.57. The highest BCUT2D eigenvalue weighted by Crippen LogP contribution is 2.32. The summed E-state index contributed by atoms with van der Waals surface area (Å²) < 4.78 is 11.8. The number of aliphatic hydroxyl groups excluding tert-OH is 1. The maximum atomic E-state index is 10.9. The minimum absolute atomic E-state index is 0.440. The number of rotatable bonds is 2. The molecule has 2 unspecified atom stereocenters. The van der Waals surface area contributed by atoms with Gasteiger partial charge in [-0.25, -0.2) is 9.35 Å². The second-order valence-corrected chi connectivity index (χ2v) is 5.21. The molecule has 0 aliphatic heterocycles. The van der Waals surface area contributed by atoms with Gasteiger partial charge in [-0.15, -0.1) is 11.3 Å². The summed E-state index contributed by atoms with van der Waals surface area (Å²) in [5, 5.41) is 14.4. The molecule has 68 valence electrons. The van der Waals surface area contributed by atoms with E-state index in [1.807, 2.05) is 0 Å². The molecule has 0 saturated heterocycles. The van der Waals surface area contributed by atoms with Gasteiger partial charge in [0.1, 0.15) is 15.2 Å². The molecule has 1 heterocycles. The molecule has 1 aromatic rings. The molecule has 1 aromatic heterocycles. The van der Waals surface area contributed by atoms with E-state index in [-0.39, 0.29) is 0 Å². The summed E-state index contributed by atoms with van der Waals surface area (Å²) in [6.07, 6.45) is -0.684. The summed E-state index contributed by atoms with van der Waals surface area (Å²) in [5.41, 5.74) is 0.547. The van der Waals surface area contributed by atoms with Gasteiger partial charge in [-0.05, 0) is 13.0 Å². The van der Waals surface area contributed by atoms with E-state index in [1.54, 1.807) is 13.0 Å². The van der Waals surface area contributed by atoms with E-state index in [9.17, 15) is 9.32 Å². The smallest absolute Gasteiger partial charge is 0.132 e. The Morgan fingerprint density at radius 1 is 1.83 bits per heavy atom. The number of thiophene rings is 1. The van der Waals surface area contributed by atoms with Crippen LogP contribution in [0.3, 0.4) is 0 Å². The molecule has 0 bridgehead atoms. The van der Waals surface area contributed by atoms with Gasteiger partial charge in [0.25, 0.3) is 0 Å². The Morgan fingerprint density at radius 2 is 2.42 bits per heavy atom. The van der Waals surface area contributed by atoms with Gasteiger partial charge in [0.05, 0.1) is 10.4 Å². The van der Waals surface area contributed by atoms with E-state index in [4.69, 9.17) is 16.7 Å². The Hall–Kier alpha value is 0.0600. The van der Waals surface area contributed by atoms with Crippen molar-refractivity contribution >= 4 is 33.9 Å². The van der Waals surface area contributed by atoms with Gasteiger partial charge in [-0.1, -0.05) is 11.6 Å². The Bertz CT molecular complexity index is 310. The topological polar surface area (TPSA) is 63.3 Å². The zero-order valence-corrected chi connectivity index (χ0v) is 8.67. The lowest BCUT2D eigenvalue weighted by Gasteiger charge is -2.01. The monoisotopic (exact) mass is 225 g/mol. The molecule has 0 aromatic carbocycles. The molecule has 3 N–H and O–H groups in total. The average Bonchev–Trinajstić information content (AvgIpc) is 2.31. The first-order valence-corrected chi connectivity index (χ1v) is 5.56. The van der Waals surface area contributed by atoms with E-state index in [1.165, 1.54) is 0 Å². The fraction of sp³-hybridized carbons (Fsp3) is 0.333. The van der Waals surface area contributed by atoms with Crippen molar-refractivity contribution in [3.63, 3.8) is 0 Å². The van der Waals surface area contributed by atoms with E-state index in [0.717, 1.165) is 11.3 Å².